The molecule has 1 fully saturated rings. The summed E-state index contributed by atoms with van der Waals surface area (Å²) in [5.74, 6) is 1.32. The van der Waals surface area contributed by atoms with Crippen LogP contribution in [0.4, 0.5) is 0 Å². The number of likely N-dealkylation sites (N-methyl/N-ethyl adjacent to an activating group) is 1. The van der Waals surface area contributed by atoms with E-state index in [-0.39, 0.29) is 24.0 Å². The van der Waals surface area contributed by atoms with Crippen molar-refractivity contribution in [2.24, 2.45) is 10.7 Å². The highest BCUT2D eigenvalue weighted by Crippen LogP contribution is 2.19. The van der Waals surface area contributed by atoms with Crippen molar-refractivity contribution >= 4 is 40.9 Å². The molecule has 1 aliphatic rings. The van der Waals surface area contributed by atoms with Crippen molar-refractivity contribution in [2.45, 2.75) is 32.4 Å². The lowest BCUT2D eigenvalue weighted by Crippen LogP contribution is -2.42. The van der Waals surface area contributed by atoms with E-state index < -0.39 is 0 Å². The Balaban J connectivity index is 0.00000192. The van der Waals surface area contributed by atoms with E-state index in [2.05, 4.69) is 22.1 Å². The Hall–Kier alpha value is -1.28. The van der Waals surface area contributed by atoms with Gasteiger partial charge in [-0.1, -0.05) is 25.1 Å². The molecule has 23 heavy (non-hydrogen) atoms. The second kappa shape index (κ2) is 8.54. The third-order valence-corrected chi connectivity index (χ3v) is 4.31. The fourth-order valence-electron chi connectivity index (χ4n) is 3.10. The maximum Gasteiger partial charge on any atom is 0.189 e. The molecular weight excluding hydrogens is 403 g/mol. The van der Waals surface area contributed by atoms with Crippen LogP contribution in [-0.2, 0) is 6.54 Å². The van der Waals surface area contributed by atoms with E-state index in [0.29, 0.717) is 18.5 Å². The predicted molar refractivity (Wildman–Crippen MR) is 105 cm³/mol. The van der Waals surface area contributed by atoms with Gasteiger partial charge in [-0.25, -0.2) is 4.99 Å². The topological polar surface area (TPSA) is 66.8 Å². The largest absolute Gasteiger partial charge is 0.459 e. The molecule has 1 atom stereocenters. The van der Waals surface area contributed by atoms with Crippen molar-refractivity contribution in [3.8, 4) is 0 Å². The van der Waals surface area contributed by atoms with Gasteiger partial charge < -0.3 is 15.5 Å². The number of nitrogens with zero attached hydrogens (tertiary/aromatic N) is 2. The van der Waals surface area contributed by atoms with Crippen LogP contribution >= 0.6 is 24.0 Å². The maximum absolute atomic E-state index is 5.96. The number of fused-ring (bicyclic) bond motifs is 1. The summed E-state index contributed by atoms with van der Waals surface area (Å²) < 4.78 is 5.73. The molecule has 0 saturated carbocycles. The minimum Gasteiger partial charge on any atom is -0.459 e. The van der Waals surface area contributed by atoms with E-state index in [1.54, 1.807) is 0 Å². The van der Waals surface area contributed by atoms with Crippen molar-refractivity contribution in [3.05, 3.63) is 36.1 Å². The second-order valence-corrected chi connectivity index (χ2v) is 5.76. The van der Waals surface area contributed by atoms with Crippen LogP contribution in [0.15, 0.2) is 39.7 Å². The third-order valence-electron chi connectivity index (χ3n) is 4.31. The van der Waals surface area contributed by atoms with Crippen molar-refractivity contribution in [1.82, 2.24) is 10.2 Å². The number of halogens is 1. The highest BCUT2D eigenvalue weighted by Gasteiger charge is 2.22. The number of nitrogens with two attached hydrogens (primary N) is 1. The zero-order valence-corrected chi connectivity index (χ0v) is 15.8. The van der Waals surface area contributed by atoms with E-state index in [0.717, 1.165) is 29.8 Å². The normalized spacial score (nSPS) is 19.0. The van der Waals surface area contributed by atoms with Gasteiger partial charge in [0.25, 0.3) is 0 Å². The Morgan fingerprint density at radius 1 is 1.43 bits per heavy atom. The molecule has 0 amide bonds. The van der Waals surface area contributed by atoms with Crippen molar-refractivity contribution < 1.29 is 4.42 Å². The van der Waals surface area contributed by atoms with Crippen LogP contribution in [0.3, 0.4) is 0 Å². The first kappa shape index (κ1) is 18.1. The molecule has 3 rings (SSSR count). The van der Waals surface area contributed by atoms with Crippen LogP contribution in [0.25, 0.3) is 11.0 Å². The number of benzene rings is 1. The maximum atomic E-state index is 5.96. The van der Waals surface area contributed by atoms with E-state index in [1.165, 1.54) is 19.4 Å². The van der Waals surface area contributed by atoms with Gasteiger partial charge in [0.05, 0.1) is 0 Å². The fraction of sp³-hybridized carbons (Fsp3) is 0.471. The van der Waals surface area contributed by atoms with Gasteiger partial charge in [0.2, 0.25) is 0 Å². The van der Waals surface area contributed by atoms with Gasteiger partial charge in [0.1, 0.15) is 17.9 Å². The lowest BCUT2D eigenvalue weighted by molar-refractivity contribution is 0.267. The Morgan fingerprint density at radius 3 is 3.04 bits per heavy atom. The number of para-hydroxylation sites is 1. The number of hydrogen-bond donors (Lipinski definition) is 2. The summed E-state index contributed by atoms with van der Waals surface area (Å²) in [5, 5.41) is 4.34. The van der Waals surface area contributed by atoms with Crippen LogP contribution in [-0.4, -0.2) is 36.5 Å². The van der Waals surface area contributed by atoms with Gasteiger partial charge in [-0.05, 0) is 38.1 Å². The summed E-state index contributed by atoms with van der Waals surface area (Å²) in [6.07, 6.45) is 2.51. The number of rotatable bonds is 5. The third kappa shape index (κ3) is 4.60. The van der Waals surface area contributed by atoms with Crippen molar-refractivity contribution in [3.63, 3.8) is 0 Å². The molecule has 0 spiro atoms. The zero-order chi connectivity index (χ0) is 15.4. The molecule has 0 radical (unpaired) electrons. The Morgan fingerprint density at radius 2 is 2.26 bits per heavy atom. The minimum absolute atomic E-state index is 0. The number of hydrogen-bond acceptors (Lipinski definition) is 3. The molecule has 126 valence electrons. The molecule has 0 aliphatic carbocycles. The van der Waals surface area contributed by atoms with Gasteiger partial charge in [-0.3, -0.25) is 4.90 Å². The van der Waals surface area contributed by atoms with Gasteiger partial charge in [0.15, 0.2) is 5.96 Å². The molecule has 2 aromatic rings. The first-order chi connectivity index (χ1) is 10.8. The average Bonchev–Trinajstić information content (AvgIpc) is 3.16. The lowest BCUT2D eigenvalue weighted by Gasteiger charge is -2.23. The van der Waals surface area contributed by atoms with Gasteiger partial charge in [0, 0.05) is 18.0 Å². The summed E-state index contributed by atoms with van der Waals surface area (Å²) in [6.45, 7) is 5.83. The fourth-order valence-corrected chi connectivity index (χ4v) is 3.10. The highest BCUT2D eigenvalue weighted by molar-refractivity contribution is 14.0. The Labute approximate surface area is 154 Å². The van der Waals surface area contributed by atoms with E-state index >= 15 is 0 Å². The zero-order valence-electron chi connectivity index (χ0n) is 13.5. The average molecular weight is 428 g/mol. The number of nitrogens with one attached hydrogen (secondary N) is 1. The molecule has 1 aromatic carbocycles. The number of likely N-dealkylation sites (tertiary alicyclic amines) is 1. The Kier molecular flexibility index (Phi) is 6.71. The van der Waals surface area contributed by atoms with Gasteiger partial charge in [-0.2, -0.15) is 0 Å². The first-order valence-corrected chi connectivity index (χ1v) is 8.01. The standard InChI is InChI=1S/C17H24N4O.HI/c1-2-21-9-5-7-14(21)11-19-17(18)20-12-15-10-13-6-3-4-8-16(13)22-15;/h3-4,6,8,10,14H,2,5,7,9,11-12H2,1H3,(H3,18,19,20);1H. The molecule has 3 N–H and O–H groups in total. The first-order valence-electron chi connectivity index (χ1n) is 8.01. The van der Waals surface area contributed by atoms with Gasteiger partial charge in [-0.15, -0.1) is 24.0 Å². The minimum atomic E-state index is 0. The summed E-state index contributed by atoms with van der Waals surface area (Å²) >= 11 is 0. The number of furan rings is 1. The number of guanidine groups is 1. The summed E-state index contributed by atoms with van der Waals surface area (Å²) in [6, 6.07) is 10.6. The van der Waals surface area contributed by atoms with Crippen molar-refractivity contribution in [1.29, 1.82) is 0 Å². The molecule has 1 aromatic heterocycles. The Bertz CT molecular complexity index is 622. The van der Waals surface area contributed by atoms with Crippen LogP contribution in [0.1, 0.15) is 25.5 Å². The number of aliphatic imine (C=N–C) groups is 1. The summed E-state index contributed by atoms with van der Waals surface area (Å²) in [7, 11) is 0. The summed E-state index contributed by atoms with van der Waals surface area (Å²) in [5.41, 5.74) is 6.85. The van der Waals surface area contributed by atoms with E-state index in [4.69, 9.17) is 10.2 Å². The monoisotopic (exact) mass is 428 g/mol. The molecular formula is C17H25IN4O. The predicted octanol–water partition coefficient (Wildman–Crippen LogP) is 2.94. The second-order valence-electron chi connectivity index (χ2n) is 5.76. The molecule has 1 aliphatic heterocycles. The quantitative estimate of drug-likeness (QED) is 0.437. The van der Waals surface area contributed by atoms with Gasteiger partial charge >= 0.3 is 0 Å². The highest BCUT2D eigenvalue weighted by atomic mass is 127. The molecule has 1 unspecified atom stereocenters. The van der Waals surface area contributed by atoms with Crippen LogP contribution in [0.2, 0.25) is 0 Å². The van der Waals surface area contributed by atoms with E-state index in [9.17, 15) is 0 Å². The molecule has 5 nitrogen and oxygen atoms in total. The lowest BCUT2D eigenvalue weighted by atomic mass is 10.2. The molecule has 0 bridgehead atoms. The molecule has 6 heteroatoms. The van der Waals surface area contributed by atoms with E-state index in [1.807, 2.05) is 30.3 Å². The molecule has 1 saturated heterocycles. The molecule has 2 heterocycles. The van der Waals surface area contributed by atoms with Crippen LogP contribution < -0.4 is 11.1 Å². The van der Waals surface area contributed by atoms with Crippen LogP contribution in [0, 0.1) is 0 Å². The SMILES string of the molecule is CCN1CCCC1CNC(N)=NCc1cc2ccccc2o1.I. The summed E-state index contributed by atoms with van der Waals surface area (Å²) in [4.78, 5) is 6.86. The smallest absolute Gasteiger partial charge is 0.189 e. The van der Waals surface area contributed by atoms with Crippen LogP contribution in [0.5, 0.6) is 0 Å². The van der Waals surface area contributed by atoms with Crippen molar-refractivity contribution in [2.75, 3.05) is 19.6 Å².